The number of carbonyl (C=O) groups excluding carboxylic acids is 3. The lowest BCUT2D eigenvalue weighted by atomic mass is 9.54. The number of imide groups is 1. The van der Waals surface area contributed by atoms with E-state index in [9.17, 15) is 24.5 Å². The molecule has 214 valence electrons. The number of non-ortho nitro benzene ring substituents is 1. The van der Waals surface area contributed by atoms with Crippen LogP contribution in [0.25, 0.3) is 0 Å². The zero-order chi connectivity index (χ0) is 30.1. The summed E-state index contributed by atoms with van der Waals surface area (Å²) in [6, 6.07) is 27.9. The highest BCUT2D eigenvalue weighted by Gasteiger charge is 2.73. The van der Waals surface area contributed by atoms with Gasteiger partial charge in [0, 0.05) is 24.2 Å². The Bertz CT molecular complexity index is 1720. The van der Waals surface area contributed by atoms with Crippen molar-refractivity contribution >= 4 is 52.3 Å². The lowest BCUT2D eigenvalue weighted by Crippen LogP contribution is -2.57. The lowest BCUT2D eigenvalue weighted by molar-refractivity contribution is -0.384. The lowest BCUT2D eigenvalue weighted by Gasteiger charge is -2.54. The molecule has 0 spiro atoms. The molecule has 4 aromatic carbocycles. The predicted octanol–water partition coefficient (Wildman–Crippen LogP) is 5.74. The second-order valence-electron chi connectivity index (χ2n) is 11.0. The monoisotopic (exact) mass is 611 g/mol. The fourth-order valence-corrected chi connectivity index (χ4v) is 8.16. The van der Waals surface area contributed by atoms with Crippen LogP contribution in [0.3, 0.4) is 0 Å². The number of nitrogens with one attached hydrogen (secondary N) is 1. The Morgan fingerprint density at radius 2 is 1.28 bits per heavy atom. The number of amides is 3. The summed E-state index contributed by atoms with van der Waals surface area (Å²) in [5.74, 6) is -3.97. The van der Waals surface area contributed by atoms with Crippen molar-refractivity contribution < 1.29 is 19.3 Å². The van der Waals surface area contributed by atoms with Crippen LogP contribution in [0.15, 0.2) is 103 Å². The fourth-order valence-electron chi connectivity index (χ4n) is 7.06. The molecule has 1 aliphatic heterocycles. The van der Waals surface area contributed by atoms with E-state index in [1.54, 1.807) is 24.3 Å². The van der Waals surface area contributed by atoms with E-state index in [0.29, 0.717) is 27.8 Å². The molecular formula is C33H23Cl2N3O5. The van der Waals surface area contributed by atoms with Crippen LogP contribution >= 0.6 is 23.2 Å². The van der Waals surface area contributed by atoms with Gasteiger partial charge in [-0.3, -0.25) is 29.4 Å². The van der Waals surface area contributed by atoms with Crippen molar-refractivity contribution in [2.24, 2.45) is 11.8 Å². The Morgan fingerprint density at radius 1 is 0.791 bits per heavy atom. The molecule has 3 aliphatic carbocycles. The molecule has 1 fully saturated rings. The first kappa shape index (κ1) is 27.3. The molecule has 10 heteroatoms. The topological polar surface area (TPSA) is 110 Å². The summed E-state index contributed by atoms with van der Waals surface area (Å²) in [4.78, 5) is 52.0. The molecule has 0 radical (unpaired) electrons. The largest absolute Gasteiger partial charge is 0.324 e. The van der Waals surface area contributed by atoms with E-state index in [0.717, 1.165) is 4.90 Å². The molecule has 0 unspecified atom stereocenters. The smallest absolute Gasteiger partial charge is 0.271 e. The number of anilines is 1. The number of benzene rings is 4. The summed E-state index contributed by atoms with van der Waals surface area (Å²) in [5.41, 5.74) is 3.32. The summed E-state index contributed by atoms with van der Waals surface area (Å²) in [5, 5.41) is 14.0. The minimum absolute atomic E-state index is 0.0169. The standard InChI is InChI=1S/C33H23Cl2N3O5/c34-32-22-13-4-5-14-23(22)33(35,25-16-7-6-15-24(25)32)28-27(32)30(40)37(31(28)41)26(17-19-9-2-1-3-10-19)29(39)36-20-11-8-12-21(18-20)38(42)43/h1-16,18,26-28H,17H2,(H,36,39)/t26-,27-,28+,32?,33?/m1/s1. The molecule has 1 N–H and O–H groups in total. The van der Waals surface area contributed by atoms with Crippen molar-refractivity contribution in [3.8, 4) is 0 Å². The van der Waals surface area contributed by atoms with Gasteiger partial charge in [0.2, 0.25) is 17.7 Å². The first-order valence-corrected chi connectivity index (χ1v) is 14.5. The van der Waals surface area contributed by atoms with E-state index >= 15 is 0 Å². The van der Waals surface area contributed by atoms with Gasteiger partial charge in [-0.2, -0.15) is 0 Å². The van der Waals surface area contributed by atoms with Crippen molar-refractivity contribution in [3.05, 3.63) is 141 Å². The van der Waals surface area contributed by atoms with E-state index in [1.807, 2.05) is 54.6 Å². The van der Waals surface area contributed by atoms with E-state index in [-0.39, 0.29) is 17.8 Å². The zero-order valence-electron chi connectivity index (χ0n) is 22.4. The van der Waals surface area contributed by atoms with Crippen molar-refractivity contribution in [2.75, 3.05) is 5.32 Å². The van der Waals surface area contributed by atoms with Gasteiger partial charge < -0.3 is 5.32 Å². The first-order valence-electron chi connectivity index (χ1n) is 13.7. The quantitative estimate of drug-likeness (QED) is 0.129. The number of carbonyl (C=O) groups is 3. The Hall–Kier alpha value is -4.53. The molecule has 4 aromatic rings. The predicted molar refractivity (Wildman–Crippen MR) is 161 cm³/mol. The van der Waals surface area contributed by atoms with Crippen molar-refractivity contribution in [1.29, 1.82) is 0 Å². The molecule has 8 nitrogen and oxygen atoms in total. The number of rotatable bonds is 6. The molecule has 0 saturated carbocycles. The summed E-state index contributed by atoms with van der Waals surface area (Å²) >= 11 is 15.1. The number of nitrogens with zero attached hydrogens (tertiary/aromatic N) is 2. The normalized spacial score (nSPS) is 25.5. The zero-order valence-corrected chi connectivity index (χ0v) is 24.0. The van der Waals surface area contributed by atoms with Gasteiger partial charge in [0.25, 0.3) is 5.69 Å². The van der Waals surface area contributed by atoms with E-state index in [1.165, 1.54) is 24.3 Å². The Balaban J connectivity index is 1.35. The van der Waals surface area contributed by atoms with Crippen LogP contribution < -0.4 is 5.32 Å². The van der Waals surface area contributed by atoms with Gasteiger partial charge in [-0.1, -0.05) is 84.9 Å². The number of hydrogen-bond donors (Lipinski definition) is 1. The van der Waals surface area contributed by atoms with Gasteiger partial charge in [-0.25, -0.2) is 0 Å². The number of halogens is 2. The number of nitro benzene ring substituents is 1. The highest BCUT2D eigenvalue weighted by atomic mass is 35.5. The second-order valence-corrected chi connectivity index (χ2v) is 12.2. The minimum atomic E-state index is -1.39. The van der Waals surface area contributed by atoms with Crippen LogP contribution in [0.1, 0.15) is 27.8 Å². The minimum Gasteiger partial charge on any atom is -0.324 e. The highest BCUT2D eigenvalue weighted by molar-refractivity contribution is 6.36. The van der Waals surface area contributed by atoms with Crippen molar-refractivity contribution in [3.63, 3.8) is 0 Å². The molecular weight excluding hydrogens is 589 g/mol. The molecule has 1 heterocycles. The maximum Gasteiger partial charge on any atom is 0.271 e. The summed E-state index contributed by atoms with van der Waals surface area (Å²) in [7, 11) is 0. The summed E-state index contributed by atoms with van der Waals surface area (Å²) in [6.07, 6.45) is 0.0169. The van der Waals surface area contributed by atoms with E-state index < -0.39 is 50.3 Å². The molecule has 4 aliphatic rings. The summed E-state index contributed by atoms with van der Waals surface area (Å²) < 4.78 is 0. The van der Waals surface area contributed by atoms with Crippen LogP contribution in [0.5, 0.6) is 0 Å². The SMILES string of the molecule is O=C(Nc1cccc([N+](=O)[O-])c1)[C@@H](Cc1ccccc1)N1C(=O)[C@@H]2[C@H](C1=O)C1(Cl)c3ccccc3C2(Cl)c2ccccc21. The van der Waals surface area contributed by atoms with Gasteiger partial charge >= 0.3 is 0 Å². The number of hydrogen-bond acceptors (Lipinski definition) is 5. The molecule has 8 rings (SSSR count). The average molecular weight is 612 g/mol. The summed E-state index contributed by atoms with van der Waals surface area (Å²) in [6.45, 7) is 0. The molecule has 43 heavy (non-hydrogen) atoms. The Kier molecular flexibility index (Phi) is 6.20. The van der Waals surface area contributed by atoms with Crippen molar-refractivity contribution in [2.45, 2.75) is 22.2 Å². The van der Waals surface area contributed by atoms with Gasteiger partial charge in [-0.15, -0.1) is 23.2 Å². The molecule has 3 atom stereocenters. The van der Waals surface area contributed by atoms with Gasteiger partial charge in [0.15, 0.2) is 0 Å². The molecule has 3 amide bonds. The molecule has 2 bridgehead atoms. The van der Waals surface area contributed by atoms with Gasteiger partial charge in [0.05, 0.1) is 16.8 Å². The fraction of sp³-hybridized carbons (Fsp3) is 0.182. The first-order chi connectivity index (χ1) is 20.7. The van der Waals surface area contributed by atoms with Crippen LogP contribution in [-0.4, -0.2) is 33.6 Å². The van der Waals surface area contributed by atoms with Gasteiger partial charge in [-0.05, 0) is 33.9 Å². The maximum atomic E-state index is 14.5. The Morgan fingerprint density at radius 3 is 1.77 bits per heavy atom. The number of nitro groups is 1. The maximum absolute atomic E-state index is 14.5. The number of alkyl halides is 2. The third kappa shape index (κ3) is 3.79. The Labute approximate surface area is 256 Å². The number of likely N-dealkylation sites (tertiary alicyclic amines) is 1. The van der Waals surface area contributed by atoms with Crippen molar-refractivity contribution in [1.82, 2.24) is 4.90 Å². The van der Waals surface area contributed by atoms with Crippen LogP contribution in [0.4, 0.5) is 11.4 Å². The van der Waals surface area contributed by atoms with E-state index in [2.05, 4.69) is 5.32 Å². The second kappa shape index (κ2) is 9.76. The molecule has 1 saturated heterocycles. The van der Waals surface area contributed by atoms with Crippen LogP contribution in [0, 0.1) is 22.0 Å². The van der Waals surface area contributed by atoms with E-state index in [4.69, 9.17) is 23.2 Å². The highest BCUT2D eigenvalue weighted by Crippen LogP contribution is 2.69. The average Bonchev–Trinajstić information content (AvgIpc) is 3.29. The van der Waals surface area contributed by atoms with Gasteiger partial charge in [0.1, 0.15) is 15.8 Å². The van der Waals surface area contributed by atoms with Crippen LogP contribution in [0.2, 0.25) is 0 Å². The third-order valence-corrected chi connectivity index (χ3v) is 10.1. The third-order valence-electron chi connectivity index (χ3n) is 8.83. The van der Waals surface area contributed by atoms with Crippen LogP contribution in [-0.2, 0) is 30.6 Å². The molecule has 0 aromatic heterocycles.